The van der Waals surface area contributed by atoms with Gasteiger partial charge in [-0.3, -0.25) is 0 Å². The average Bonchev–Trinajstić information content (AvgIpc) is 3.95. The summed E-state index contributed by atoms with van der Waals surface area (Å²) in [5.41, 5.74) is 12.8. The summed E-state index contributed by atoms with van der Waals surface area (Å²) in [5, 5.41) is 7.78. The summed E-state index contributed by atoms with van der Waals surface area (Å²) in [5.74, 6) is 0. The fourth-order valence-corrected chi connectivity index (χ4v) is 13.0. The van der Waals surface area contributed by atoms with Crippen LogP contribution >= 0.6 is 11.3 Å². The summed E-state index contributed by atoms with van der Waals surface area (Å²) < 4.78 is 10.7. The first kappa shape index (κ1) is 28.9. The number of aromatic nitrogens is 2. The van der Waals surface area contributed by atoms with Crippen LogP contribution in [0.2, 0.25) is 0 Å². The van der Waals surface area contributed by atoms with Crippen LogP contribution in [0.25, 0.3) is 97.4 Å². The summed E-state index contributed by atoms with van der Waals surface area (Å²) in [6.45, 7) is 0. The molecule has 0 saturated heterocycles. The molecule has 8 aromatic carbocycles. The minimum atomic E-state index is -0.268. The standard InChI is InChI=1S/C48H28IN2S/c1-5-17-39-31(11-1)35-15-9-20-44(47(35)49-39)50-40-18-6-2-12-32(40)37-27-29(23-25-42(37)50)30-24-26-43-38(28-30)33-13-3-7-19-41(33)51(43)45-21-10-16-36-34-14-4-8-22-46(34)52-48(36)45/h1-28H/q-1. The van der Waals surface area contributed by atoms with Gasteiger partial charge < -0.3 is 0 Å². The van der Waals surface area contributed by atoms with Gasteiger partial charge in [0, 0.05) is 15.5 Å². The molecule has 11 aromatic rings. The van der Waals surface area contributed by atoms with Gasteiger partial charge in [0.1, 0.15) is 0 Å². The Morgan fingerprint density at radius 3 is 1.67 bits per heavy atom. The maximum atomic E-state index is 2.52. The van der Waals surface area contributed by atoms with Crippen molar-refractivity contribution in [2.24, 2.45) is 0 Å². The molecule has 1 aliphatic rings. The zero-order valence-corrected chi connectivity index (χ0v) is 30.8. The number of hydrogen-bond donors (Lipinski definition) is 0. The van der Waals surface area contributed by atoms with Crippen LogP contribution in [0.15, 0.2) is 170 Å². The van der Waals surface area contributed by atoms with Gasteiger partial charge in [0.15, 0.2) is 0 Å². The van der Waals surface area contributed by atoms with E-state index in [2.05, 4.69) is 179 Å². The van der Waals surface area contributed by atoms with Crippen LogP contribution in [-0.2, 0) is 0 Å². The molecule has 0 bridgehead atoms. The van der Waals surface area contributed by atoms with Crippen molar-refractivity contribution in [2.75, 3.05) is 0 Å². The predicted octanol–water partition coefficient (Wildman–Crippen LogP) is 10.0. The molecule has 0 N–H and O–H groups in total. The zero-order chi connectivity index (χ0) is 33.9. The van der Waals surface area contributed by atoms with Crippen LogP contribution in [0.4, 0.5) is 0 Å². The van der Waals surface area contributed by atoms with E-state index in [4.69, 9.17) is 0 Å². The Hall–Kier alpha value is -5.69. The molecule has 0 amide bonds. The first-order chi connectivity index (χ1) is 25.8. The van der Waals surface area contributed by atoms with Gasteiger partial charge in [-0.1, -0.05) is 42.5 Å². The van der Waals surface area contributed by atoms with Gasteiger partial charge in [-0.15, -0.1) is 11.3 Å². The molecule has 0 aliphatic carbocycles. The molecular formula is C48H28IN2S-. The Balaban J connectivity index is 1.05. The zero-order valence-electron chi connectivity index (χ0n) is 27.8. The Morgan fingerprint density at radius 2 is 0.923 bits per heavy atom. The van der Waals surface area contributed by atoms with Crippen molar-refractivity contribution in [3.63, 3.8) is 0 Å². The Labute approximate surface area is 314 Å². The molecule has 52 heavy (non-hydrogen) atoms. The third-order valence-electron chi connectivity index (χ3n) is 10.9. The third kappa shape index (κ3) is 3.99. The van der Waals surface area contributed by atoms with Crippen LogP contribution in [0.3, 0.4) is 0 Å². The minimum absolute atomic E-state index is 0.268. The number of benzene rings is 8. The van der Waals surface area contributed by atoms with Crippen molar-refractivity contribution in [3.05, 3.63) is 177 Å². The van der Waals surface area contributed by atoms with Gasteiger partial charge in [0.25, 0.3) is 0 Å². The molecule has 2 nitrogen and oxygen atoms in total. The van der Waals surface area contributed by atoms with E-state index in [1.165, 1.54) is 105 Å². The predicted molar refractivity (Wildman–Crippen MR) is 216 cm³/mol. The molecule has 0 atom stereocenters. The summed E-state index contributed by atoms with van der Waals surface area (Å²) in [6, 6.07) is 63.3. The SMILES string of the molecule is c1ccc2c(c1)[I-]c1c-2cccc1-n1c2ccccc2c2cc(-c3ccc4c(c3)c3ccccc3n4-c3cccc4c3sc3ccccc34)ccc21. The van der Waals surface area contributed by atoms with Gasteiger partial charge in [-0.25, -0.2) is 0 Å². The molecule has 1 aliphatic heterocycles. The Kier molecular flexibility index (Phi) is 6.07. The Bertz CT molecular complexity index is 3290. The van der Waals surface area contributed by atoms with Gasteiger partial charge in [-0.2, -0.15) is 0 Å². The Morgan fingerprint density at radius 1 is 0.385 bits per heavy atom. The second kappa shape index (κ2) is 10.9. The second-order valence-corrected chi connectivity index (χ2v) is 17.5. The molecule has 3 aromatic heterocycles. The van der Waals surface area contributed by atoms with Gasteiger partial charge in [0.05, 0.1) is 10.4 Å². The fraction of sp³-hybridized carbons (Fsp3) is 0. The van der Waals surface area contributed by atoms with Crippen molar-refractivity contribution in [1.29, 1.82) is 0 Å². The fourth-order valence-electron chi connectivity index (χ4n) is 8.60. The molecule has 0 saturated carbocycles. The van der Waals surface area contributed by atoms with Crippen LogP contribution in [0.5, 0.6) is 0 Å². The van der Waals surface area contributed by atoms with E-state index in [0.29, 0.717) is 0 Å². The number of thiophene rings is 1. The van der Waals surface area contributed by atoms with Crippen LogP contribution in [-0.4, -0.2) is 9.13 Å². The molecule has 4 heteroatoms. The summed E-state index contributed by atoms with van der Waals surface area (Å²) >= 11 is 1.62. The van der Waals surface area contributed by atoms with E-state index in [1.807, 2.05) is 11.3 Å². The second-order valence-electron chi connectivity index (χ2n) is 13.6. The number of hydrogen-bond acceptors (Lipinski definition) is 1. The van der Waals surface area contributed by atoms with Gasteiger partial charge in [0.2, 0.25) is 0 Å². The molecule has 4 heterocycles. The van der Waals surface area contributed by atoms with Crippen molar-refractivity contribution in [1.82, 2.24) is 9.13 Å². The quantitative estimate of drug-likeness (QED) is 0.158. The van der Waals surface area contributed by atoms with E-state index in [9.17, 15) is 0 Å². The molecule has 0 unspecified atom stereocenters. The number of para-hydroxylation sites is 2. The van der Waals surface area contributed by atoms with Crippen molar-refractivity contribution in [3.8, 4) is 33.6 Å². The van der Waals surface area contributed by atoms with Crippen molar-refractivity contribution >= 4 is 75.1 Å². The third-order valence-corrected chi connectivity index (χ3v) is 15.3. The normalized spacial score (nSPS) is 12.7. The molecular weight excluding hydrogens is 764 g/mol. The van der Waals surface area contributed by atoms with Crippen LogP contribution < -0.4 is 21.2 Å². The van der Waals surface area contributed by atoms with Crippen molar-refractivity contribution < 1.29 is 21.2 Å². The van der Waals surface area contributed by atoms with E-state index < -0.39 is 0 Å². The summed E-state index contributed by atoms with van der Waals surface area (Å²) in [4.78, 5) is 0. The molecule has 244 valence electrons. The average molecular weight is 792 g/mol. The first-order valence-electron chi connectivity index (χ1n) is 17.7. The molecule has 0 radical (unpaired) electrons. The van der Waals surface area contributed by atoms with E-state index in [-0.39, 0.29) is 21.2 Å². The van der Waals surface area contributed by atoms with E-state index in [1.54, 1.807) is 0 Å². The topological polar surface area (TPSA) is 9.86 Å². The number of fused-ring (bicyclic) bond motifs is 12. The van der Waals surface area contributed by atoms with E-state index in [0.717, 1.165) is 0 Å². The summed E-state index contributed by atoms with van der Waals surface area (Å²) in [7, 11) is 0. The number of halogens is 1. The monoisotopic (exact) mass is 791 g/mol. The molecule has 0 fully saturated rings. The summed E-state index contributed by atoms with van der Waals surface area (Å²) in [6.07, 6.45) is 0. The van der Waals surface area contributed by atoms with Gasteiger partial charge in [-0.05, 0) is 18.2 Å². The number of rotatable bonds is 3. The van der Waals surface area contributed by atoms with E-state index >= 15 is 0 Å². The number of nitrogens with zero attached hydrogens (tertiary/aromatic N) is 2. The van der Waals surface area contributed by atoms with Crippen LogP contribution in [0.1, 0.15) is 0 Å². The van der Waals surface area contributed by atoms with Crippen molar-refractivity contribution in [2.45, 2.75) is 0 Å². The first-order valence-corrected chi connectivity index (χ1v) is 20.6. The van der Waals surface area contributed by atoms with Crippen LogP contribution in [0, 0.1) is 7.14 Å². The molecule has 12 rings (SSSR count). The van der Waals surface area contributed by atoms with Gasteiger partial charge >= 0.3 is 218 Å². The maximum absolute atomic E-state index is 2.52. The molecule has 0 spiro atoms.